The first-order valence-electron chi connectivity index (χ1n) is 7.17. The topological polar surface area (TPSA) is 67.6 Å². The Morgan fingerprint density at radius 2 is 2.14 bits per heavy atom. The van der Waals surface area contributed by atoms with Crippen LogP contribution in [-0.2, 0) is 6.54 Å². The fourth-order valence-corrected chi connectivity index (χ4v) is 2.05. The summed E-state index contributed by atoms with van der Waals surface area (Å²) < 4.78 is 10.4. The predicted octanol–water partition coefficient (Wildman–Crippen LogP) is 3.35. The fourth-order valence-electron chi connectivity index (χ4n) is 2.05. The largest absolute Gasteiger partial charge is 0.494 e. The van der Waals surface area contributed by atoms with Crippen molar-refractivity contribution in [2.45, 2.75) is 27.3 Å². The maximum Gasteiger partial charge on any atom is 0.321 e. The van der Waals surface area contributed by atoms with Gasteiger partial charge in [0.25, 0.3) is 0 Å². The lowest BCUT2D eigenvalue weighted by Gasteiger charge is -2.18. The number of aromatic nitrogens is 1. The summed E-state index contributed by atoms with van der Waals surface area (Å²) in [6, 6.07) is 7.19. The van der Waals surface area contributed by atoms with Gasteiger partial charge in [-0.05, 0) is 44.5 Å². The Bertz CT molecular complexity index is 652. The number of nitrogens with one attached hydrogen (secondary N) is 1. The predicted molar refractivity (Wildman–Crippen MR) is 84.1 cm³/mol. The molecular weight excluding hydrogens is 282 g/mol. The summed E-state index contributed by atoms with van der Waals surface area (Å²) in [4.78, 5) is 13.8. The molecule has 0 atom stereocenters. The Balaban J connectivity index is 1.98. The Hall–Kier alpha value is -2.50. The third-order valence-corrected chi connectivity index (χ3v) is 3.17. The number of rotatable bonds is 5. The quantitative estimate of drug-likeness (QED) is 0.919. The van der Waals surface area contributed by atoms with Gasteiger partial charge in [0.15, 0.2) is 0 Å². The third-order valence-electron chi connectivity index (χ3n) is 3.17. The van der Waals surface area contributed by atoms with Gasteiger partial charge in [-0.15, -0.1) is 0 Å². The highest BCUT2D eigenvalue weighted by atomic mass is 16.5. The van der Waals surface area contributed by atoms with E-state index in [2.05, 4.69) is 10.5 Å². The molecule has 0 radical (unpaired) electrons. The molecule has 6 nitrogen and oxygen atoms in total. The fraction of sp³-hybridized carbons (Fsp3) is 0.375. The second kappa shape index (κ2) is 6.98. The van der Waals surface area contributed by atoms with E-state index in [1.54, 1.807) is 11.9 Å². The lowest BCUT2D eigenvalue weighted by atomic mass is 10.2. The van der Waals surface area contributed by atoms with Crippen LogP contribution in [0.3, 0.4) is 0 Å². The van der Waals surface area contributed by atoms with E-state index >= 15 is 0 Å². The average molecular weight is 303 g/mol. The third kappa shape index (κ3) is 4.00. The summed E-state index contributed by atoms with van der Waals surface area (Å²) in [6.07, 6.45) is 0. The van der Waals surface area contributed by atoms with Crippen LogP contribution in [0.2, 0.25) is 0 Å². The second-order valence-electron chi connectivity index (χ2n) is 5.12. The van der Waals surface area contributed by atoms with Crippen molar-refractivity contribution in [1.82, 2.24) is 10.1 Å². The van der Waals surface area contributed by atoms with Crippen LogP contribution in [0.4, 0.5) is 10.5 Å². The number of benzene rings is 1. The number of hydrogen-bond acceptors (Lipinski definition) is 4. The number of aryl methyl sites for hydroxylation is 2. The second-order valence-corrected chi connectivity index (χ2v) is 5.12. The number of amides is 2. The first-order chi connectivity index (χ1) is 10.5. The summed E-state index contributed by atoms with van der Waals surface area (Å²) in [7, 11) is 1.71. The molecule has 0 aliphatic rings. The molecule has 0 aliphatic carbocycles. The molecule has 1 aromatic carbocycles. The highest BCUT2D eigenvalue weighted by molar-refractivity contribution is 5.90. The van der Waals surface area contributed by atoms with E-state index in [1.807, 2.05) is 45.0 Å². The van der Waals surface area contributed by atoms with Crippen molar-refractivity contribution in [2.75, 3.05) is 19.0 Å². The maximum absolute atomic E-state index is 12.2. The number of carbonyl (C=O) groups is 1. The van der Waals surface area contributed by atoms with Crippen molar-refractivity contribution in [3.05, 3.63) is 41.3 Å². The minimum atomic E-state index is -0.201. The summed E-state index contributed by atoms with van der Waals surface area (Å²) >= 11 is 0. The standard InChI is InChI=1S/C16H21N3O3/c1-5-21-14-6-7-15(11(2)8-14)17-16(20)19(4)10-13-9-12(3)22-18-13/h6-9H,5,10H2,1-4H3,(H,17,20). The van der Waals surface area contributed by atoms with Gasteiger partial charge in [-0.2, -0.15) is 0 Å². The molecule has 0 unspecified atom stereocenters. The van der Waals surface area contributed by atoms with Crippen LogP contribution in [0.5, 0.6) is 5.75 Å². The number of nitrogens with zero attached hydrogens (tertiary/aromatic N) is 2. The van der Waals surface area contributed by atoms with Crippen molar-refractivity contribution in [2.24, 2.45) is 0 Å². The Morgan fingerprint density at radius 3 is 2.73 bits per heavy atom. The van der Waals surface area contributed by atoms with Gasteiger partial charge in [-0.25, -0.2) is 4.79 Å². The Morgan fingerprint density at radius 1 is 1.36 bits per heavy atom. The van der Waals surface area contributed by atoms with Crippen molar-refractivity contribution in [1.29, 1.82) is 0 Å². The maximum atomic E-state index is 12.2. The molecule has 0 aliphatic heterocycles. The summed E-state index contributed by atoms with van der Waals surface area (Å²) in [5.41, 5.74) is 2.43. The Labute approximate surface area is 130 Å². The number of urea groups is 1. The van der Waals surface area contributed by atoms with Crippen LogP contribution in [0.1, 0.15) is 23.9 Å². The molecule has 0 bridgehead atoms. The van der Waals surface area contributed by atoms with E-state index in [1.165, 1.54) is 0 Å². The summed E-state index contributed by atoms with van der Waals surface area (Å²) in [6.45, 7) is 6.69. The van der Waals surface area contributed by atoms with Crippen LogP contribution in [-0.4, -0.2) is 29.7 Å². The zero-order chi connectivity index (χ0) is 16.1. The number of carbonyl (C=O) groups excluding carboxylic acids is 1. The molecule has 1 heterocycles. The van der Waals surface area contributed by atoms with Gasteiger partial charge in [0, 0.05) is 18.8 Å². The molecule has 1 N–H and O–H groups in total. The first kappa shape index (κ1) is 15.9. The van der Waals surface area contributed by atoms with Crippen LogP contribution < -0.4 is 10.1 Å². The van der Waals surface area contributed by atoms with E-state index in [-0.39, 0.29) is 6.03 Å². The van der Waals surface area contributed by atoms with Crippen LogP contribution in [0.15, 0.2) is 28.8 Å². The van der Waals surface area contributed by atoms with E-state index in [0.29, 0.717) is 13.2 Å². The highest BCUT2D eigenvalue weighted by Gasteiger charge is 2.13. The van der Waals surface area contributed by atoms with Gasteiger partial charge in [0.05, 0.1) is 13.2 Å². The van der Waals surface area contributed by atoms with Gasteiger partial charge in [-0.3, -0.25) is 0 Å². The smallest absolute Gasteiger partial charge is 0.321 e. The molecule has 2 rings (SSSR count). The molecule has 118 valence electrons. The summed E-state index contributed by atoms with van der Waals surface area (Å²) in [5.74, 6) is 1.52. The number of ether oxygens (including phenoxy) is 1. The van der Waals surface area contributed by atoms with Gasteiger partial charge < -0.3 is 19.5 Å². The highest BCUT2D eigenvalue weighted by Crippen LogP contribution is 2.21. The molecule has 1 aromatic heterocycles. The Kier molecular flexibility index (Phi) is 5.04. The molecule has 0 fully saturated rings. The van der Waals surface area contributed by atoms with Crippen molar-refractivity contribution < 1.29 is 14.1 Å². The summed E-state index contributed by atoms with van der Waals surface area (Å²) in [5, 5.41) is 6.76. The van der Waals surface area contributed by atoms with Gasteiger partial charge in [0.2, 0.25) is 0 Å². The first-order valence-corrected chi connectivity index (χ1v) is 7.17. The lowest BCUT2D eigenvalue weighted by molar-refractivity contribution is 0.219. The monoisotopic (exact) mass is 303 g/mol. The van der Waals surface area contributed by atoms with E-state index < -0.39 is 0 Å². The molecule has 6 heteroatoms. The molecule has 0 saturated carbocycles. The lowest BCUT2D eigenvalue weighted by Crippen LogP contribution is -2.31. The number of hydrogen-bond donors (Lipinski definition) is 1. The van der Waals surface area contributed by atoms with Gasteiger partial charge in [0.1, 0.15) is 17.2 Å². The molecule has 0 spiro atoms. The van der Waals surface area contributed by atoms with Crippen molar-refractivity contribution in [3.63, 3.8) is 0 Å². The van der Waals surface area contributed by atoms with Crippen molar-refractivity contribution in [3.8, 4) is 5.75 Å². The normalized spacial score (nSPS) is 10.4. The van der Waals surface area contributed by atoms with E-state index in [4.69, 9.17) is 9.26 Å². The zero-order valence-electron chi connectivity index (χ0n) is 13.3. The van der Waals surface area contributed by atoms with E-state index in [0.717, 1.165) is 28.5 Å². The minimum Gasteiger partial charge on any atom is -0.494 e. The zero-order valence-corrected chi connectivity index (χ0v) is 13.3. The molecule has 2 aromatic rings. The van der Waals surface area contributed by atoms with E-state index in [9.17, 15) is 4.79 Å². The molecule has 0 saturated heterocycles. The van der Waals surface area contributed by atoms with Gasteiger partial charge >= 0.3 is 6.03 Å². The molecule has 22 heavy (non-hydrogen) atoms. The SMILES string of the molecule is CCOc1ccc(NC(=O)N(C)Cc2cc(C)on2)c(C)c1. The molecular formula is C16H21N3O3. The van der Waals surface area contributed by atoms with Crippen LogP contribution in [0, 0.1) is 13.8 Å². The van der Waals surface area contributed by atoms with Gasteiger partial charge in [-0.1, -0.05) is 5.16 Å². The average Bonchev–Trinajstić information content (AvgIpc) is 2.87. The minimum absolute atomic E-state index is 0.201. The molecule has 2 amide bonds. The van der Waals surface area contributed by atoms with Crippen LogP contribution in [0.25, 0.3) is 0 Å². The van der Waals surface area contributed by atoms with Crippen LogP contribution >= 0.6 is 0 Å². The van der Waals surface area contributed by atoms with Crippen molar-refractivity contribution >= 4 is 11.7 Å². The number of anilines is 1.